The lowest BCUT2D eigenvalue weighted by Gasteiger charge is -2.24. The molecular formula is C9H16O. The van der Waals surface area contributed by atoms with Crippen LogP contribution in [0, 0.1) is 11.8 Å². The van der Waals surface area contributed by atoms with Crippen molar-refractivity contribution in [3.05, 3.63) is 0 Å². The molecule has 1 heteroatoms. The monoisotopic (exact) mass is 140 g/mol. The van der Waals surface area contributed by atoms with Crippen LogP contribution in [0.15, 0.2) is 0 Å². The third-order valence-electron chi connectivity index (χ3n) is 2.95. The molecule has 1 heterocycles. The van der Waals surface area contributed by atoms with E-state index < -0.39 is 0 Å². The van der Waals surface area contributed by atoms with E-state index in [1.165, 1.54) is 25.7 Å². The lowest BCUT2D eigenvalue weighted by Crippen LogP contribution is -2.16. The summed E-state index contributed by atoms with van der Waals surface area (Å²) in [6.07, 6.45) is 6.39. The molecule has 1 aliphatic carbocycles. The van der Waals surface area contributed by atoms with E-state index in [4.69, 9.17) is 4.74 Å². The molecule has 2 rings (SSSR count). The van der Waals surface area contributed by atoms with E-state index in [0.29, 0.717) is 6.10 Å². The molecule has 58 valence electrons. The molecule has 0 N–H and O–H groups in total. The fraction of sp³-hybridized carbons (Fsp3) is 1.00. The number of epoxide rings is 1. The van der Waals surface area contributed by atoms with E-state index in [-0.39, 0.29) is 0 Å². The molecule has 1 nitrogen and oxygen atoms in total. The van der Waals surface area contributed by atoms with E-state index in [2.05, 4.69) is 6.92 Å². The second-order valence-electron chi connectivity index (χ2n) is 3.89. The smallest absolute Gasteiger partial charge is 0.0838 e. The van der Waals surface area contributed by atoms with Crippen molar-refractivity contribution in [1.29, 1.82) is 0 Å². The van der Waals surface area contributed by atoms with Crippen LogP contribution < -0.4 is 0 Å². The summed E-state index contributed by atoms with van der Waals surface area (Å²) in [5.41, 5.74) is 0. The summed E-state index contributed by atoms with van der Waals surface area (Å²) in [6, 6.07) is 0. The van der Waals surface area contributed by atoms with Crippen LogP contribution in [0.25, 0.3) is 0 Å². The zero-order chi connectivity index (χ0) is 6.97. The van der Waals surface area contributed by atoms with Gasteiger partial charge < -0.3 is 4.74 Å². The quantitative estimate of drug-likeness (QED) is 0.509. The molecule has 0 aromatic carbocycles. The Morgan fingerprint density at radius 1 is 1.10 bits per heavy atom. The first kappa shape index (κ1) is 6.66. The fourth-order valence-electron chi connectivity index (χ4n) is 1.99. The van der Waals surface area contributed by atoms with Crippen LogP contribution in [-0.2, 0) is 4.74 Å². The number of hydrogen-bond donors (Lipinski definition) is 0. The number of rotatable bonds is 1. The summed E-state index contributed by atoms with van der Waals surface area (Å²) >= 11 is 0. The standard InChI is InChI=1S/C9H16O/c1-7-2-4-8(5-3-7)9-6-10-9/h7-9H,2-6H2,1H3/t7-,8+,9-/m1/s1. The minimum Gasteiger partial charge on any atom is -0.373 e. The molecule has 0 amide bonds. The van der Waals surface area contributed by atoms with Crippen LogP contribution in [0.4, 0.5) is 0 Å². The van der Waals surface area contributed by atoms with Crippen molar-refractivity contribution < 1.29 is 4.74 Å². The first-order valence-corrected chi connectivity index (χ1v) is 4.48. The van der Waals surface area contributed by atoms with Crippen molar-refractivity contribution in [3.63, 3.8) is 0 Å². The third-order valence-corrected chi connectivity index (χ3v) is 2.95. The van der Waals surface area contributed by atoms with Gasteiger partial charge in [-0.1, -0.05) is 19.8 Å². The Labute approximate surface area is 62.8 Å². The van der Waals surface area contributed by atoms with Gasteiger partial charge in [-0.15, -0.1) is 0 Å². The van der Waals surface area contributed by atoms with Gasteiger partial charge >= 0.3 is 0 Å². The van der Waals surface area contributed by atoms with E-state index in [9.17, 15) is 0 Å². The number of ether oxygens (including phenoxy) is 1. The molecule has 0 bridgehead atoms. The van der Waals surface area contributed by atoms with E-state index in [1.54, 1.807) is 0 Å². The van der Waals surface area contributed by atoms with Crippen molar-refractivity contribution >= 4 is 0 Å². The van der Waals surface area contributed by atoms with Crippen LogP contribution in [0.1, 0.15) is 32.6 Å². The van der Waals surface area contributed by atoms with Gasteiger partial charge in [0, 0.05) is 0 Å². The zero-order valence-corrected chi connectivity index (χ0v) is 6.68. The van der Waals surface area contributed by atoms with Crippen molar-refractivity contribution in [2.75, 3.05) is 6.61 Å². The molecule has 1 atom stereocenters. The molecule has 2 fully saturated rings. The zero-order valence-electron chi connectivity index (χ0n) is 6.68. The van der Waals surface area contributed by atoms with Gasteiger partial charge in [0.1, 0.15) is 0 Å². The largest absolute Gasteiger partial charge is 0.373 e. The van der Waals surface area contributed by atoms with E-state index in [0.717, 1.165) is 18.4 Å². The van der Waals surface area contributed by atoms with Crippen LogP contribution >= 0.6 is 0 Å². The third kappa shape index (κ3) is 1.34. The highest BCUT2D eigenvalue weighted by Crippen LogP contribution is 2.35. The highest BCUT2D eigenvalue weighted by Gasteiger charge is 2.34. The Morgan fingerprint density at radius 3 is 2.20 bits per heavy atom. The lowest BCUT2D eigenvalue weighted by molar-refractivity contribution is 0.232. The Kier molecular flexibility index (Phi) is 1.69. The molecule has 0 aromatic rings. The van der Waals surface area contributed by atoms with Crippen molar-refractivity contribution in [2.45, 2.75) is 38.7 Å². The van der Waals surface area contributed by atoms with Crippen LogP contribution in [0.3, 0.4) is 0 Å². The maximum absolute atomic E-state index is 5.28. The average molecular weight is 140 g/mol. The normalized spacial score (nSPS) is 47.1. The molecule has 2 aliphatic rings. The average Bonchev–Trinajstić information content (AvgIpc) is 2.71. The summed E-state index contributed by atoms with van der Waals surface area (Å²) in [7, 11) is 0. The van der Waals surface area contributed by atoms with Crippen LogP contribution in [-0.4, -0.2) is 12.7 Å². The van der Waals surface area contributed by atoms with Crippen molar-refractivity contribution in [2.24, 2.45) is 11.8 Å². The van der Waals surface area contributed by atoms with E-state index in [1.807, 2.05) is 0 Å². The molecule has 0 aromatic heterocycles. The summed E-state index contributed by atoms with van der Waals surface area (Å²) in [5, 5.41) is 0. The molecule has 0 spiro atoms. The van der Waals surface area contributed by atoms with Gasteiger partial charge in [-0.2, -0.15) is 0 Å². The van der Waals surface area contributed by atoms with Gasteiger partial charge in [-0.25, -0.2) is 0 Å². The second-order valence-corrected chi connectivity index (χ2v) is 3.89. The minimum atomic E-state index is 0.674. The van der Waals surface area contributed by atoms with Crippen molar-refractivity contribution in [1.82, 2.24) is 0 Å². The second kappa shape index (κ2) is 2.54. The lowest BCUT2D eigenvalue weighted by atomic mass is 9.81. The Bertz CT molecular complexity index is 110. The highest BCUT2D eigenvalue weighted by molar-refractivity contribution is 4.82. The van der Waals surface area contributed by atoms with Gasteiger partial charge in [0.25, 0.3) is 0 Å². The summed E-state index contributed by atoms with van der Waals surface area (Å²) in [6.45, 7) is 3.42. The molecule has 1 saturated carbocycles. The predicted molar refractivity (Wildman–Crippen MR) is 40.9 cm³/mol. The fourth-order valence-corrected chi connectivity index (χ4v) is 1.99. The Balaban J connectivity index is 1.79. The summed E-state index contributed by atoms with van der Waals surface area (Å²) < 4.78 is 5.28. The Hall–Kier alpha value is -0.0400. The van der Waals surface area contributed by atoms with E-state index >= 15 is 0 Å². The first-order chi connectivity index (χ1) is 4.86. The summed E-state index contributed by atoms with van der Waals surface area (Å²) in [4.78, 5) is 0. The molecule has 0 radical (unpaired) electrons. The molecule has 1 saturated heterocycles. The van der Waals surface area contributed by atoms with Gasteiger partial charge in [0.05, 0.1) is 12.7 Å². The summed E-state index contributed by atoms with van der Waals surface area (Å²) in [5.74, 6) is 1.91. The maximum Gasteiger partial charge on any atom is 0.0838 e. The van der Waals surface area contributed by atoms with Gasteiger partial charge in [-0.05, 0) is 24.7 Å². The van der Waals surface area contributed by atoms with Gasteiger partial charge in [0.15, 0.2) is 0 Å². The topological polar surface area (TPSA) is 12.5 Å². The van der Waals surface area contributed by atoms with Gasteiger partial charge in [-0.3, -0.25) is 0 Å². The van der Waals surface area contributed by atoms with Crippen LogP contribution in [0.2, 0.25) is 0 Å². The number of hydrogen-bond acceptors (Lipinski definition) is 1. The predicted octanol–water partition coefficient (Wildman–Crippen LogP) is 2.21. The molecule has 0 unspecified atom stereocenters. The molecular weight excluding hydrogens is 124 g/mol. The SMILES string of the molecule is C[C@H]1CC[C@@H]([C@H]2CO2)CC1. The van der Waals surface area contributed by atoms with Crippen molar-refractivity contribution in [3.8, 4) is 0 Å². The maximum atomic E-state index is 5.28. The first-order valence-electron chi connectivity index (χ1n) is 4.48. The highest BCUT2D eigenvalue weighted by atomic mass is 16.6. The molecule has 10 heavy (non-hydrogen) atoms. The molecule has 1 aliphatic heterocycles. The van der Waals surface area contributed by atoms with Gasteiger partial charge in [0.2, 0.25) is 0 Å². The van der Waals surface area contributed by atoms with Crippen LogP contribution in [0.5, 0.6) is 0 Å². The minimum absolute atomic E-state index is 0.674. The Morgan fingerprint density at radius 2 is 1.70 bits per heavy atom.